The van der Waals surface area contributed by atoms with Gasteiger partial charge in [0.15, 0.2) is 0 Å². The second kappa shape index (κ2) is 4.37. The van der Waals surface area contributed by atoms with Gasteiger partial charge in [0.05, 0.1) is 17.1 Å². The molecule has 15 heavy (non-hydrogen) atoms. The number of rotatable bonds is 1. The molecule has 0 heterocycles. The Labute approximate surface area is 87.8 Å². The summed E-state index contributed by atoms with van der Waals surface area (Å²) in [5.41, 5.74) is 2.12. The SMILES string of the molecule is [O-]N=C1C=CC(=Nc2ccccc2)C=C1. The fourth-order valence-corrected chi connectivity index (χ4v) is 1.24. The topological polar surface area (TPSA) is 47.8 Å². The van der Waals surface area contributed by atoms with E-state index in [9.17, 15) is 5.21 Å². The number of aliphatic imine (C=N–C) groups is 1. The zero-order chi connectivity index (χ0) is 10.5. The summed E-state index contributed by atoms with van der Waals surface area (Å²) in [4.78, 5) is 4.37. The highest BCUT2D eigenvalue weighted by atomic mass is 16.4. The minimum Gasteiger partial charge on any atom is -0.792 e. The Morgan fingerprint density at radius 3 is 2.00 bits per heavy atom. The summed E-state index contributed by atoms with van der Waals surface area (Å²) < 4.78 is 0. The van der Waals surface area contributed by atoms with Crippen LogP contribution in [0, 0.1) is 5.21 Å². The monoisotopic (exact) mass is 197 g/mol. The van der Waals surface area contributed by atoms with Crippen LogP contribution in [-0.2, 0) is 0 Å². The minimum absolute atomic E-state index is 0.419. The molecular weight excluding hydrogens is 188 g/mol. The van der Waals surface area contributed by atoms with Gasteiger partial charge in [0.1, 0.15) is 0 Å². The third-order valence-electron chi connectivity index (χ3n) is 1.97. The highest BCUT2D eigenvalue weighted by molar-refractivity contribution is 6.19. The number of allylic oxidation sites excluding steroid dienone is 4. The second-order valence-electron chi connectivity index (χ2n) is 3.06. The molecule has 0 aliphatic heterocycles. The van der Waals surface area contributed by atoms with Crippen LogP contribution in [0.25, 0.3) is 0 Å². The van der Waals surface area contributed by atoms with E-state index in [-0.39, 0.29) is 0 Å². The quantitative estimate of drug-likeness (QED) is 0.504. The highest BCUT2D eigenvalue weighted by Crippen LogP contribution is 2.11. The van der Waals surface area contributed by atoms with Gasteiger partial charge in [-0.15, -0.1) is 0 Å². The van der Waals surface area contributed by atoms with Crippen LogP contribution < -0.4 is 0 Å². The number of para-hydroxylation sites is 1. The van der Waals surface area contributed by atoms with Crippen molar-refractivity contribution in [3.8, 4) is 0 Å². The number of hydrogen-bond donors (Lipinski definition) is 0. The first kappa shape index (κ1) is 9.40. The third kappa shape index (κ3) is 2.40. The summed E-state index contributed by atoms with van der Waals surface area (Å²) in [7, 11) is 0. The van der Waals surface area contributed by atoms with E-state index in [0.29, 0.717) is 5.71 Å². The van der Waals surface area contributed by atoms with Crippen molar-refractivity contribution in [1.82, 2.24) is 0 Å². The predicted molar refractivity (Wildman–Crippen MR) is 62.6 cm³/mol. The summed E-state index contributed by atoms with van der Waals surface area (Å²) in [6.07, 6.45) is 6.83. The zero-order valence-corrected chi connectivity index (χ0v) is 8.00. The molecule has 0 fully saturated rings. The van der Waals surface area contributed by atoms with Gasteiger partial charge in [0.25, 0.3) is 0 Å². The average molecular weight is 197 g/mol. The molecule has 0 aromatic heterocycles. The van der Waals surface area contributed by atoms with Gasteiger partial charge in [-0.05, 0) is 36.4 Å². The van der Waals surface area contributed by atoms with E-state index >= 15 is 0 Å². The van der Waals surface area contributed by atoms with E-state index in [4.69, 9.17) is 0 Å². The van der Waals surface area contributed by atoms with Crippen molar-refractivity contribution in [2.24, 2.45) is 10.1 Å². The molecule has 74 valence electrons. The van der Waals surface area contributed by atoms with Crippen molar-refractivity contribution in [2.75, 3.05) is 0 Å². The molecule has 1 aromatic carbocycles. The van der Waals surface area contributed by atoms with Crippen molar-refractivity contribution in [1.29, 1.82) is 0 Å². The van der Waals surface area contributed by atoms with E-state index in [1.54, 1.807) is 24.3 Å². The Morgan fingerprint density at radius 2 is 1.40 bits per heavy atom. The van der Waals surface area contributed by atoms with Gasteiger partial charge in [-0.2, -0.15) is 0 Å². The Morgan fingerprint density at radius 1 is 0.800 bits per heavy atom. The smallest absolute Gasteiger partial charge is 0.0638 e. The van der Waals surface area contributed by atoms with Crippen LogP contribution in [0.4, 0.5) is 5.69 Å². The van der Waals surface area contributed by atoms with E-state index < -0.39 is 0 Å². The summed E-state index contributed by atoms with van der Waals surface area (Å²) in [6, 6.07) is 9.65. The molecule has 3 nitrogen and oxygen atoms in total. The Bertz CT molecular complexity index is 438. The van der Waals surface area contributed by atoms with E-state index in [0.717, 1.165) is 11.4 Å². The molecule has 1 aromatic rings. The van der Waals surface area contributed by atoms with Gasteiger partial charge in [-0.3, -0.25) is 0 Å². The Hall–Kier alpha value is -2.16. The van der Waals surface area contributed by atoms with Crippen molar-refractivity contribution in [3.05, 3.63) is 59.8 Å². The third-order valence-corrected chi connectivity index (χ3v) is 1.97. The standard InChI is InChI=1S/C12H10N2O/c15-14-12-8-6-11(7-9-12)13-10-4-2-1-3-5-10/h1-9,15H/p-1. The van der Waals surface area contributed by atoms with Crippen LogP contribution in [-0.4, -0.2) is 11.4 Å². The summed E-state index contributed by atoms with van der Waals surface area (Å²) >= 11 is 0. The van der Waals surface area contributed by atoms with Crippen LogP contribution in [0.1, 0.15) is 0 Å². The maximum atomic E-state index is 10.2. The molecule has 0 spiro atoms. The normalized spacial score (nSPS) is 14.1. The lowest BCUT2D eigenvalue weighted by atomic mass is 10.1. The molecule has 2 rings (SSSR count). The maximum absolute atomic E-state index is 10.2. The van der Waals surface area contributed by atoms with Gasteiger partial charge in [-0.25, -0.2) is 4.99 Å². The van der Waals surface area contributed by atoms with Crippen LogP contribution in [0.2, 0.25) is 0 Å². The molecule has 1 aliphatic carbocycles. The average Bonchev–Trinajstić information content (AvgIpc) is 2.31. The van der Waals surface area contributed by atoms with Gasteiger partial charge in [0, 0.05) is 0 Å². The molecule has 3 heteroatoms. The summed E-state index contributed by atoms with van der Waals surface area (Å²) in [5.74, 6) is 0. The lowest BCUT2D eigenvalue weighted by Gasteiger charge is -2.03. The number of hydrogen-bond acceptors (Lipinski definition) is 3. The summed E-state index contributed by atoms with van der Waals surface area (Å²) in [5, 5.41) is 13.0. The Kier molecular flexibility index (Phi) is 2.74. The molecule has 0 atom stereocenters. The van der Waals surface area contributed by atoms with Crippen LogP contribution in [0.5, 0.6) is 0 Å². The van der Waals surface area contributed by atoms with E-state index in [2.05, 4.69) is 10.1 Å². The fourth-order valence-electron chi connectivity index (χ4n) is 1.24. The molecule has 1 aliphatic rings. The maximum Gasteiger partial charge on any atom is 0.0638 e. The predicted octanol–water partition coefficient (Wildman–Crippen LogP) is 2.82. The number of nitrogens with zero attached hydrogens (tertiary/aromatic N) is 2. The Balaban J connectivity index is 2.22. The van der Waals surface area contributed by atoms with Crippen LogP contribution in [0.15, 0.2) is 64.8 Å². The van der Waals surface area contributed by atoms with Crippen molar-refractivity contribution in [2.45, 2.75) is 0 Å². The molecule has 0 saturated carbocycles. The van der Waals surface area contributed by atoms with Gasteiger partial charge >= 0.3 is 0 Å². The lowest BCUT2D eigenvalue weighted by molar-refractivity contribution is 1.52. The molecule has 0 saturated heterocycles. The summed E-state index contributed by atoms with van der Waals surface area (Å²) in [6.45, 7) is 0. The first-order chi connectivity index (χ1) is 7.38. The van der Waals surface area contributed by atoms with Crippen molar-refractivity contribution in [3.63, 3.8) is 0 Å². The first-order valence-electron chi connectivity index (χ1n) is 4.59. The zero-order valence-electron chi connectivity index (χ0n) is 8.00. The lowest BCUT2D eigenvalue weighted by Crippen LogP contribution is -1.98. The molecule has 0 radical (unpaired) electrons. The van der Waals surface area contributed by atoms with Gasteiger partial charge < -0.3 is 10.4 Å². The minimum atomic E-state index is 0.419. The fraction of sp³-hybridized carbons (Fsp3) is 0. The van der Waals surface area contributed by atoms with Crippen molar-refractivity contribution >= 4 is 17.1 Å². The largest absolute Gasteiger partial charge is 0.792 e. The van der Waals surface area contributed by atoms with Gasteiger partial charge in [0.2, 0.25) is 0 Å². The first-order valence-corrected chi connectivity index (χ1v) is 4.59. The van der Waals surface area contributed by atoms with E-state index in [1.165, 1.54) is 0 Å². The number of benzene rings is 1. The van der Waals surface area contributed by atoms with Crippen molar-refractivity contribution < 1.29 is 0 Å². The van der Waals surface area contributed by atoms with Crippen LogP contribution >= 0.6 is 0 Å². The highest BCUT2D eigenvalue weighted by Gasteiger charge is 1.97. The molecule has 0 N–H and O–H groups in total. The molecule has 0 unspecified atom stereocenters. The molecule has 0 amide bonds. The molecule has 0 bridgehead atoms. The second-order valence-corrected chi connectivity index (χ2v) is 3.06. The molecular formula is C12H9N2O-. The van der Waals surface area contributed by atoms with Crippen LogP contribution in [0.3, 0.4) is 0 Å². The van der Waals surface area contributed by atoms with E-state index in [1.807, 2.05) is 30.3 Å². The van der Waals surface area contributed by atoms with Gasteiger partial charge in [-0.1, -0.05) is 18.2 Å².